The van der Waals surface area contributed by atoms with Gasteiger partial charge < -0.3 is 0 Å². The minimum absolute atomic E-state index is 0.0103. The van der Waals surface area contributed by atoms with Crippen LogP contribution >= 0.6 is 34.5 Å². The van der Waals surface area contributed by atoms with Gasteiger partial charge in [0.05, 0.1) is 14.9 Å². The van der Waals surface area contributed by atoms with Gasteiger partial charge >= 0.3 is 6.18 Å². The second-order valence-corrected chi connectivity index (χ2v) is 5.27. The van der Waals surface area contributed by atoms with E-state index in [9.17, 15) is 18.0 Å². The number of carbonyl (C=O) groups is 1. The first-order valence-corrected chi connectivity index (χ1v) is 6.39. The lowest BCUT2D eigenvalue weighted by Gasteiger charge is -2.02. The lowest BCUT2D eigenvalue weighted by molar-refractivity contribution is -0.137. The number of nitrogens with zero attached hydrogens (tertiary/aromatic N) is 1. The monoisotopic (exact) mass is 325 g/mol. The predicted octanol–water partition coefficient (Wildman–Crippen LogP) is 4.70. The van der Waals surface area contributed by atoms with Crippen molar-refractivity contribution in [3.8, 4) is 0 Å². The van der Waals surface area contributed by atoms with Crippen molar-refractivity contribution in [1.82, 2.24) is 4.98 Å². The van der Waals surface area contributed by atoms with Crippen molar-refractivity contribution in [2.75, 3.05) is 0 Å². The van der Waals surface area contributed by atoms with E-state index in [4.69, 9.17) is 23.2 Å². The zero-order valence-electron chi connectivity index (χ0n) is 8.96. The van der Waals surface area contributed by atoms with Crippen LogP contribution in [0.1, 0.15) is 20.2 Å². The molecule has 0 amide bonds. The van der Waals surface area contributed by atoms with Crippen molar-refractivity contribution in [3.63, 3.8) is 0 Å². The minimum Gasteiger partial charge on any atom is -0.288 e. The fraction of sp³-hybridized carbons (Fsp3) is 0.0909. The summed E-state index contributed by atoms with van der Waals surface area (Å²) in [5.74, 6) is -0.638. The quantitative estimate of drug-likeness (QED) is 0.749. The Labute approximate surface area is 119 Å². The number of alkyl halides is 3. The van der Waals surface area contributed by atoms with E-state index in [2.05, 4.69) is 4.98 Å². The van der Waals surface area contributed by atoms with E-state index in [1.807, 2.05) is 0 Å². The number of carbonyl (C=O) groups excluding carboxylic acids is 1. The van der Waals surface area contributed by atoms with E-state index in [0.29, 0.717) is 0 Å². The highest BCUT2D eigenvalue weighted by Gasteiger charge is 2.35. The molecule has 0 bridgehead atoms. The van der Waals surface area contributed by atoms with Crippen LogP contribution in [-0.2, 0) is 6.18 Å². The summed E-state index contributed by atoms with van der Waals surface area (Å²) >= 11 is 11.9. The van der Waals surface area contributed by atoms with Gasteiger partial charge in [-0.05, 0) is 12.1 Å². The maximum absolute atomic E-state index is 12.4. The molecule has 0 N–H and O–H groups in total. The molecule has 0 saturated heterocycles. The molecule has 0 atom stereocenters. The van der Waals surface area contributed by atoms with E-state index in [1.165, 1.54) is 18.2 Å². The maximum Gasteiger partial charge on any atom is 0.443 e. The molecule has 2 nitrogen and oxygen atoms in total. The standard InChI is InChI=1S/C11H4Cl2F3NOS/c12-6-3-1-2-5(8(6)13)9(18)7-4-17-10(19-7)11(14,15)16/h1-4H. The van der Waals surface area contributed by atoms with Gasteiger partial charge in [0.25, 0.3) is 0 Å². The van der Waals surface area contributed by atoms with Crippen LogP contribution in [0.3, 0.4) is 0 Å². The summed E-state index contributed by atoms with van der Waals surface area (Å²) in [5.41, 5.74) is 0.0477. The molecule has 0 unspecified atom stereocenters. The predicted molar refractivity (Wildman–Crippen MR) is 67.0 cm³/mol. The third-order valence-electron chi connectivity index (χ3n) is 2.17. The van der Waals surface area contributed by atoms with Gasteiger partial charge in [0.2, 0.25) is 5.78 Å². The summed E-state index contributed by atoms with van der Waals surface area (Å²) in [4.78, 5) is 15.1. The molecular weight excluding hydrogens is 322 g/mol. The van der Waals surface area contributed by atoms with E-state index >= 15 is 0 Å². The summed E-state index contributed by atoms with van der Waals surface area (Å²) in [6.07, 6.45) is -3.69. The molecule has 1 heterocycles. The van der Waals surface area contributed by atoms with Gasteiger partial charge in [-0.1, -0.05) is 29.3 Å². The number of hydrogen-bond donors (Lipinski definition) is 0. The summed E-state index contributed by atoms with van der Waals surface area (Å²) in [7, 11) is 0. The lowest BCUT2D eigenvalue weighted by Crippen LogP contribution is -2.03. The Hall–Kier alpha value is -1.11. The molecule has 0 radical (unpaired) electrons. The number of halogens is 5. The third-order valence-corrected chi connectivity index (χ3v) is 4.03. The molecule has 1 aromatic heterocycles. The van der Waals surface area contributed by atoms with Gasteiger partial charge in [-0.2, -0.15) is 13.2 Å². The molecule has 0 fully saturated rings. The Kier molecular flexibility index (Phi) is 3.85. The smallest absolute Gasteiger partial charge is 0.288 e. The van der Waals surface area contributed by atoms with E-state index < -0.39 is 17.0 Å². The zero-order chi connectivity index (χ0) is 14.2. The molecule has 8 heteroatoms. The normalized spacial score (nSPS) is 11.6. The highest BCUT2D eigenvalue weighted by atomic mass is 35.5. The van der Waals surface area contributed by atoms with Crippen molar-refractivity contribution in [1.29, 1.82) is 0 Å². The molecule has 1 aromatic carbocycles. The van der Waals surface area contributed by atoms with Crippen LogP contribution in [0.4, 0.5) is 13.2 Å². The number of aromatic nitrogens is 1. The van der Waals surface area contributed by atoms with Crippen molar-refractivity contribution in [2.24, 2.45) is 0 Å². The zero-order valence-corrected chi connectivity index (χ0v) is 11.3. The fourth-order valence-corrected chi connectivity index (χ4v) is 2.45. The summed E-state index contributed by atoms with van der Waals surface area (Å²) in [5, 5.41) is -0.904. The third kappa shape index (κ3) is 2.91. The maximum atomic E-state index is 12.4. The average molecular weight is 326 g/mol. The van der Waals surface area contributed by atoms with Gasteiger partial charge in [-0.25, -0.2) is 4.98 Å². The Morgan fingerprint density at radius 2 is 1.95 bits per heavy atom. The molecule has 0 aliphatic heterocycles. The van der Waals surface area contributed by atoms with Crippen molar-refractivity contribution in [2.45, 2.75) is 6.18 Å². The highest BCUT2D eigenvalue weighted by Crippen LogP contribution is 2.34. The van der Waals surface area contributed by atoms with Crippen LogP contribution in [0.15, 0.2) is 24.4 Å². The topological polar surface area (TPSA) is 30.0 Å². The van der Waals surface area contributed by atoms with Crippen LogP contribution in [0.5, 0.6) is 0 Å². The number of benzene rings is 1. The summed E-state index contributed by atoms with van der Waals surface area (Å²) in [6, 6.07) is 4.37. The second kappa shape index (κ2) is 5.11. The minimum atomic E-state index is -4.57. The molecule has 0 aliphatic carbocycles. The second-order valence-electron chi connectivity index (χ2n) is 3.46. The molecule has 0 spiro atoms. The van der Waals surface area contributed by atoms with E-state index in [1.54, 1.807) is 0 Å². The van der Waals surface area contributed by atoms with Crippen molar-refractivity contribution < 1.29 is 18.0 Å². The molecule has 2 rings (SSSR count). The number of thiazole rings is 1. The largest absolute Gasteiger partial charge is 0.443 e. The first-order valence-electron chi connectivity index (χ1n) is 4.82. The SMILES string of the molecule is O=C(c1cnc(C(F)(F)F)s1)c1cccc(Cl)c1Cl. The highest BCUT2D eigenvalue weighted by molar-refractivity contribution is 7.14. The van der Waals surface area contributed by atoms with Crippen LogP contribution in [0.2, 0.25) is 10.0 Å². The van der Waals surface area contributed by atoms with Gasteiger partial charge in [0, 0.05) is 11.8 Å². The molecular formula is C11H4Cl2F3NOS. The first-order chi connectivity index (χ1) is 8.80. The van der Waals surface area contributed by atoms with Gasteiger partial charge in [-0.15, -0.1) is 11.3 Å². The van der Waals surface area contributed by atoms with E-state index in [0.717, 1.165) is 6.20 Å². The Morgan fingerprint density at radius 3 is 2.53 bits per heavy atom. The average Bonchev–Trinajstić information content (AvgIpc) is 2.81. The van der Waals surface area contributed by atoms with Crippen molar-refractivity contribution in [3.05, 3.63) is 49.9 Å². The van der Waals surface area contributed by atoms with E-state index in [-0.39, 0.29) is 31.8 Å². The molecule has 0 aliphatic rings. The Balaban J connectivity index is 2.40. The summed E-state index contributed by atoms with van der Waals surface area (Å²) in [6.45, 7) is 0. The van der Waals surface area contributed by atoms with Gasteiger partial charge in [-0.3, -0.25) is 4.79 Å². The Morgan fingerprint density at radius 1 is 1.26 bits per heavy atom. The Bertz CT molecular complexity index is 639. The molecule has 0 saturated carbocycles. The van der Waals surface area contributed by atoms with Crippen LogP contribution in [-0.4, -0.2) is 10.8 Å². The van der Waals surface area contributed by atoms with Crippen molar-refractivity contribution >= 4 is 40.3 Å². The number of hydrogen-bond acceptors (Lipinski definition) is 3. The number of ketones is 1. The van der Waals surface area contributed by atoms with Crippen LogP contribution in [0.25, 0.3) is 0 Å². The molecule has 100 valence electrons. The van der Waals surface area contributed by atoms with Gasteiger partial charge in [0.15, 0.2) is 5.01 Å². The number of rotatable bonds is 2. The first kappa shape index (κ1) is 14.3. The fourth-order valence-electron chi connectivity index (χ4n) is 1.32. The van der Waals surface area contributed by atoms with Crippen LogP contribution < -0.4 is 0 Å². The molecule has 2 aromatic rings. The van der Waals surface area contributed by atoms with Crippen LogP contribution in [0, 0.1) is 0 Å². The summed E-state index contributed by atoms with van der Waals surface area (Å²) < 4.78 is 37.2. The lowest BCUT2D eigenvalue weighted by atomic mass is 10.1. The molecule has 19 heavy (non-hydrogen) atoms. The van der Waals surface area contributed by atoms with Gasteiger partial charge in [0.1, 0.15) is 0 Å².